The van der Waals surface area contributed by atoms with Crippen molar-refractivity contribution in [2.75, 3.05) is 17.7 Å². The number of halogens is 1. The lowest BCUT2D eigenvalue weighted by atomic mass is 10.2. The maximum Gasteiger partial charge on any atom is 0.241 e. The highest BCUT2D eigenvalue weighted by Crippen LogP contribution is 2.25. The van der Waals surface area contributed by atoms with Gasteiger partial charge in [-0.3, -0.25) is 9.59 Å². The minimum Gasteiger partial charge on any atom is -0.325 e. The molecule has 0 heterocycles. The molecule has 0 aliphatic carbocycles. The molecule has 0 saturated heterocycles. The molecule has 1 aromatic carbocycles. The quantitative estimate of drug-likeness (QED) is 0.781. The number of likely N-dealkylation sites (N-methyl/N-ethyl adjacent to an activating group) is 1. The predicted molar refractivity (Wildman–Crippen MR) is 72.9 cm³/mol. The summed E-state index contributed by atoms with van der Waals surface area (Å²) in [6, 6.07) is 4.62. The summed E-state index contributed by atoms with van der Waals surface area (Å²) in [5, 5.41) is 8.52. The number of benzene rings is 1. The fourth-order valence-electron chi connectivity index (χ4n) is 1.27. The van der Waals surface area contributed by atoms with E-state index in [1.165, 1.54) is 6.92 Å². The summed E-state index contributed by atoms with van der Waals surface area (Å²) in [5.41, 5.74) is 1.10. The zero-order valence-electron chi connectivity index (χ0n) is 10.5. The second-order valence-corrected chi connectivity index (χ2v) is 4.28. The average molecular weight is 270 g/mol. The first-order valence-corrected chi connectivity index (χ1v) is 5.87. The Hall–Kier alpha value is -1.59. The molecule has 2 amide bonds. The summed E-state index contributed by atoms with van der Waals surface area (Å²) >= 11 is 5.99. The first-order chi connectivity index (χ1) is 8.43. The maximum absolute atomic E-state index is 11.6. The van der Waals surface area contributed by atoms with E-state index in [4.69, 9.17) is 11.6 Å². The zero-order valence-corrected chi connectivity index (χ0v) is 11.3. The van der Waals surface area contributed by atoms with E-state index in [2.05, 4.69) is 16.0 Å². The van der Waals surface area contributed by atoms with Gasteiger partial charge in [-0.15, -0.1) is 0 Å². The molecule has 1 aromatic rings. The molecule has 0 aromatic heterocycles. The van der Waals surface area contributed by atoms with Gasteiger partial charge < -0.3 is 16.0 Å². The summed E-state index contributed by atoms with van der Waals surface area (Å²) in [5.74, 6) is -0.349. The van der Waals surface area contributed by atoms with Gasteiger partial charge in [0.1, 0.15) is 0 Å². The molecule has 0 spiro atoms. The van der Waals surface area contributed by atoms with Crippen molar-refractivity contribution in [3.63, 3.8) is 0 Å². The van der Waals surface area contributed by atoms with Gasteiger partial charge in [0.25, 0.3) is 0 Å². The summed E-state index contributed by atoms with van der Waals surface area (Å²) in [6.07, 6.45) is 0. The smallest absolute Gasteiger partial charge is 0.241 e. The van der Waals surface area contributed by atoms with Gasteiger partial charge in [0.05, 0.1) is 16.8 Å². The second-order valence-electron chi connectivity index (χ2n) is 3.88. The van der Waals surface area contributed by atoms with Crippen LogP contribution in [0.4, 0.5) is 11.4 Å². The number of amides is 2. The Labute approximate surface area is 111 Å². The standard InChI is InChI=1S/C12H16ClN3O2/c1-7(14-3)12(18)16-9-4-5-11(10(13)6-9)15-8(2)17/h4-7,14H,1-3H3,(H,15,17)(H,16,18). The minimum atomic E-state index is -0.293. The van der Waals surface area contributed by atoms with Crippen LogP contribution in [-0.2, 0) is 9.59 Å². The van der Waals surface area contributed by atoms with Gasteiger partial charge >= 0.3 is 0 Å². The molecular weight excluding hydrogens is 254 g/mol. The van der Waals surface area contributed by atoms with Crippen molar-refractivity contribution in [1.29, 1.82) is 0 Å². The van der Waals surface area contributed by atoms with Gasteiger partial charge in [0.2, 0.25) is 11.8 Å². The van der Waals surface area contributed by atoms with Crippen molar-refractivity contribution < 1.29 is 9.59 Å². The number of nitrogens with one attached hydrogen (secondary N) is 3. The lowest BCUT2D eigenvalue weighted by Crippen LogP contribution is -2.35. The van der Waals surface area contributed by atoms with Crippen LogP contribution in [0, 0.1) is 0 Å². The Morgan fingerprint density at radius 3 is 2.44 bits per heavy atom. The molecule has 0 radical (unpaired) electrons. The molecule has 6 heteroatoms. The maximum atomic E-state index is 11.6. The van der Waals surface area contributed by atoms with E-state index in [1.807, 2.05) is 0 Å². The molecule has 0 bridgehead atoms. The molecule has 1 unspecified atom stereocenters. The number of hydrogen-bond acceptors (Lipinski definition) is 3. The van der Waals surface area contributed by atoms with Crippen molar-refractivity contribution in [3.05, 3.63) is 23.2 Å². The SMILES string of the molecule is CNC(C)C(=O)Nc1ccc(NC(C)=O)c(Cl)c1. The summed E-state index contributed by atoms with van der Waals surface area (Å²) in [4.78, 5) is 22.5. The third kappa shape index (κ3) is 4.01. The summed E-state index contributed by atoms with van der Waals surface area (Å²) < 4.78 is 0. The van der Waals surface area contributed by atoms with Gasteiger partial charge in [-0.2, -0.15) is 0 Å². The van der Waals surface area contributed by atoms with E-state index in [9.17, 15) is 9.59 Å². The predicted octanol–water partition coefficient (Wildman–Crippen LogP) is 1.84. The lowest BCUT2D eigenvalue weighted by molar-refractivity contribution is -0.117. The molecule has 1 rings (SSSR count). The monoisotopic (exact) mass is 269 g/mol. The molecule has 0 saturated carbocycles. The normalized spacial score (nSPS) is 11.8. The molecule has 1 atom stereocenters. The fourth-order valence-corrected chi connectivity index (χ4v) is 1.49. The number of rotatable bonds is 4. The molecule has 0 fully saturated rings. The highest BCUT2D eigenvalue weighted by Gasteiger charge is 2.11. The number of anilines is 2. The topological polar surface area (TPSA) is 70.2 Å². The first kappa shape index (κ1) is 14.5. The van der Waals surface area contributed by atoms with Crippen LogP contribution in [0.3, 0.4) is 0 Å². The first-order valence-electron chi connectivity index (χ1n) is 5.49. The van der Waals surface area contributed by atoms with Crippen LogP contribution in [0.1, 0.15) is 13.8 Å². The molecule has 5 nitrogen and oxygen atoms in total. The van der Waals surface area contributed by atoms with Crippen LogP contribution in [0.15, 0.2) is 18.2 Å². The summed E-state index contributed by atoms with van der Waals surface area (Å²) in [6.45, 7) is 3.16. The molecule has 98 valence electrons. The second kappa shape index (κ2) is 6.37. The highest BCUT2D eigenvalue weighted by atomic mass is 35.5. The minimum absolute atomic E-state index is 0.152. The number of hydrogen-bond donors (Lipinski definition) is 3. The van der Waals surface area contributed by atoms with Gasteiger partial charge in [-0.25, -0.2) is 0 Å². The molecule has 18 heavy (non-hydrogen) atoms. The van der Waals surface area contributed by atoms with E-state index in [0.29, 0.717) is 16.4 Å². The largest absolute Gasteiger partial charge is 0.325 e. The van der Waals surface area contributed by atoms with Crippen molar-refractivity contribution in [3.8, 4) is 0 Å². The van der Waals surface area contributed by atoms with Crippen molar-refractivity contribution in [2.24, 2.45) is 0 Å². The van der Waals surface area contributed by atoms with Crippen molar-refractivity contribution >= 4 is 34.8 Å². The average Bonchev–Trinajstić information content (AvgIpc) is 2.31. The Balaban J connectivity index is 2.78. The number of carbonyl (C=O) groups excluding carboxylic acids is 2. The van der Waals surface area contributed by atoms with Gasteiger partial charge in [0, 0.05) is 12.6 Å². The van der Waals surface area contributed by atoms with Gasteiger partial charge in [-0.05, 0) is 32.2 Å². The van der Waals surface area contributed by atoms with E-state index >= 15 is 0 Å². The molecule has 3 N–H and O–H groups in total. The number of carbonyl (C=O) groups is 2. The zero-order chi connectivity index (χ0) is 13.7. The molecular formula is C12H16ClN3O2. The van der Waals surface area contributed by atoms with Crippen LogP contribution in [0.2, 0.25) is 5.02 Å². The Morgan fingerprint density at radius 1 is 1.28 bits per heavy atom. The van der Waals surface area contributed by atoms with Crippen LogP contribution in [0.25, 0.3) is 0 Å². The van der Waals surface area contributed by atoms with Crippen LogP contribution < -0.4 is 16.0 Å². The van der Waals surface area contributed by atoms with Gasteiger partial charge in [0.15, 0.2) is 0 Å². The van der Waals surface area contributed by atoms with Crippen LogP contribution in [-0.4, -0.2) is 24.9 Å². The van der Waals surface area contributed by atoms with E-state index in [-0.39, 0.29) is 17.9 Å². The van der Waals surface area contributed by atoms with Gasteiger partial charge in [-0.1, -0.05) is 11.6 Å². The van der Waals surface area contributed by atoms with Crippen LogP contribution in [0.5, 0.6) is 0 Å². The van der Waals surface area contributed by atoms with Crippen molar-refractivity contribution in [1.82, 2.24) is 5.32 Å². The van der Waals surface area contributed by atoms with E-state index < -0.39 is 0 Å². The summed E-state index contributed by atoms with van der Waals surface area (Å²) in [7, 11) is 1.71. The van der Waals surface area contributed by atoms with E-state index in [1.54, 1.807) is 32.2 Å². The third-order valence-corrected chi connectivity index (χ3v) is 2.69. The fraction of sp³-hybridized carbons (Fsp3) is 0.333. The van der Waals surface area contributed by atoms with Crippen molar-refractivity contribution in [2.45, 2.75) is 19.9 Å². The highest BCUT2D eigenvalue weighted by molar-refractivity contribution is 6.34. The Morgan fingerprint density at radius 2 is 1.94 bits per heavy atom. The van der Waals surface area contributed by atoms with Crippen LogP contribution >= 0.6 is 11.6 Å². The van der Waals surface area contributed by atoms with E-state index in [0.717, 1.165) is 0 Å². The molecule has 0 aliphatic rings. The molecule has 0 aliphatic heterocycles. The Bertz CT molecular complexity index is 463. The lowest BCUT2D eigenvalue weighted by Gasteiger charge is -2.12. The Kier molecular flexibility index (Phi) is 5.12. The third-order valence-electron chi connectivity index (χ3n) is 2.37.